The number of hydrogen-bond donors (Lipinski definition) is 1. The van der Waals surface area contributed by atoms with E-state index in [1.807, 2.05) is 6.92 Å². The van der Waals surface area contributed by atoms with E-state index in [0.29, 0.717) is 41.4 Å². The van der Waals surface area contributed by atoms with Gasteiger partial charge in [-0.05, 0) is 18.7 Å². The Morgan fingerprint density at radius 3 is 3.06 bits per heavy atom. The molecule has 0 radical (unpaired) electrons. The van der Waals surface area contributed by atoms with Gasteiger partial charge in [-0.2, -0.15) is 4.84 Å². The fourth-order valence-corrected chi connectivity index (χ4v) is 3.69. The van der Waals surface area contributed by atoms with Crippen molar-refractivity contribution in [1.82, 2.24) is 0 Å². The lowest BCUT2D eigenvalue weighted by molar-refractivity contribution is -1.05. The number of ether oxygens (including phenoxy) is 2. The smallest absolute Gasteiger partial charge is 0.290 e. The van der Waals surface area contributed by atoms with E-state index in [-0.39, 0.29) is 6.04 Å². The highest BCUT2D eigenvalue weighted by Gasteiger charge is 2.58. The van der Waals surface area contributed by atoms with Gasteiger partial charge in [0.15, 0.2) is 6.04 Å². The normalized spacial score (nSPS) is 38.0. The van der Waals surface area contributed by atoms with Gasteiger partial charge < -0.3 is 9.47 Å². The highest BCUT2D eigenvalue weighted by atomic mass is 32.2. The van der Waals surface area contributed by atoms with Crippen molar-refractivity contribution in [2.75, 3.05) is 40.1 Å². The molecule has 0 bridgehead atoms. The summed E-state index contributed by atoms with van der Waals surface area (Å²) >= 11 is 1.58. The highest BCUT2D eigenvalue weighted by Crippen LogP contribution is 2.41. The minimum Gasteiger partial charge on any atom is -0.379 e. The molecular formula is C10H19N2O3S+. The van der Waals surface area contributed by atoms with Crippen LogP contribution in [0.2, 0.25) is 0 Å². The molecule has 2 saturated heterocycles. The molecule has 3 unspecified atom stereocenters. The van der Waals surface area contributed by atoms with Crippen molar-refractivity contribution in [1.29, 1.82) is 5.41 Å². The van der Waals surface area contributed by atoms with Crippen LogP contribution in [0.1, 0.15) is 6.92 Å². The Morgan fingerprint density at radius 2 is 2.38 bits per heavy atom. The van der Waals surface area contributed by atoms with Crippen molar-refractivity contribution in [3.05, 3.63) is 0 Å². The van der Waals surface area contributed by atoms with E-state index in [0.717, 1.165) is 6.61 Å². The zero-order valence-electron chi connectivity index (χ0n) is 9.77. The van der Waals surface area contributed by atoms with E-state index in [1.54, 1.807) is 18.9 Å². The van der Waals surface area contributed by atoms with Crippen LogP contribution in [0.15, 0.2) is 0 Å². The molecule has 2 fully saturated rings. The molecule has 2 aliphatic heterocycles. The molecule has 0 aromatic heterocycles. The van der Waals surface area contributed by atoms with Crippen LogP contribution >= 0.6 is 11.8 Å². The van der Waals surface area contributed by atoms with E-state index in [4.69, 9.17) is 19.7 Å². The summed E-state index contributed by atoms with van der Waals surface area (Å²) in [6.07, 6.45) is 0. The number of hydrogen-bond acceptors (Lipinski definition) is 5. The third-order valence-electron chi connectivity index (χ3n) is 3.13. The summed E-state index contributed by atoms with van der Waals surface area (Å²) < 4.78 is 10.9. The van der Waals surface area contributed by atoms with Crippen molar-refractivity contribution >= 4 is 16.9 Å². The second-order valence-electron chi connectivity index (χ2n) is 4.00. The maximum absolute atomic E-state index is 8.13. The Hall–Kier alpha value is -0.140. The summed E-state index contributed by atoms with van der Waals surface area (Å²) in [5, 5.41) is 9.10. The molecule has 92 valence electrons. The van der Waals surface area contributed by atoms with Crippen LogP contribution in [-0.2, 0) is 14.3 Å². The number of methoxy groups -OCH3 is 1. The van der Waals surface area contributed by atoms with E-state index in [1.165, 1.54) is 0 Å². The molecule has 5 nitrogen and oxygen atoms in total. The fraction of sp³-hybridized carbons (Fsp3) is 0.900. The number of nitrogens with zero attached hydrogens (tertiary/aromatic N) is 1. The standard InChI is InChI=1S/C10H19N2O3S/c1-3-15-12(4-5-13-2)8-6-14-7-9(8)16-10(12)11/h8-9,11H,3-7H2,1-2H3/q+1. The Morgan fingerprint density at radius 1 is 1.56 bits per heavy atom. The van der Waals surface area contributed by atoms with E-state index in [9.17, 15) is 0 Å². The quantitative estimate of drug-likeness (QED) is 0.732. The zero-order valence-corrected chi connectivity index (χ0v) is 10.6. The Kier molecular flexibility index (Phi) is 3.86. The van der Waals surface area contributed by atoms with Crippen molar-refractivity contribution in [2.45, 2.75) is 18.2 Å². The highest BCUT2D eigenvalue weighted by molar-refractivity contribution is 8.14. The molecule has 0 aromatic carbocycles. The SMILES string of the molecule is CCO[N+]1(CCOC)C(=N)SC2COCC21. The number of rotatable bonds is 5. The van der Waals surface area contributed by atoms with Gasteiger partial charge >= 0.3 is 0 Å². The molecule has 2 rings (SSSR count). The molecule has 0 aromatic rings. The van der Waals surface area contributed by atoms with Gasteiger partial charge in [0.05, 0.1) is 18.5 Å². The van der Waals surface area contributed by atoms with Gasteiger partial charge in [-0.25, -0.2) is 5.41 Å². The van der Waals surface area contributed by atoms with Gasteiger partial charge in [-0.15, -0.1) is 4.65 Å². The molecule has 0 aliphatic carbocycles. The summed E-state index contributed by atoms with van der Waals surface area (Å²) in [5.74, 6) is 0. The van der Waals surface area contributed by atoms with Crippen LogP contribution in [-0.4, -0.2) is 61.2 Å². The summed E-state index contributed by atoms with van der Waals surface area (Å²) in [5.41, 5.74) is 0. The van der Waals surface area contributed by atoms with Gasteiger partial charge in [0.1, 0.15) is 19.8 Å². The maximum Gasteiger partial charge on any atom is 0.290 e. The fourth-order valence-electron chi connectivity index (χ4n) is 2.35. The second kappa shape index (κ2) is 5.01. The van der Waals surface area contributed by atoms with Crippen molar-refractivity contribution in [3.63, 3.8) is 0 Å². The maximum atomic E-state index is 8.13. The topological polar surface area (TPSA) is 51.5 Å². The lowest BCUT2D eigenvalue weighted by Gasteiger charge is -2.33. The van der Waals surface area contributed by atoms with Gasteiger partial charge in [-0.3, -0.25) is 0 Å². The van der Waals surface area contributed by atoms with Gasteiger partial charge in [-0.1, -0.05) is 0 Å². The first-order valence-corrected chi connectivity index (χ1v) is 6.47. The second-order valence-corrected chi connectivity index (χ2v) is 5.22. The number of fused-ring (bicyclic) bond motifs is 1. The third-order valence-corrected chi connectivity index (χ3v) is 4.41. The van der Waals surface area contributed by atoms with Crippen molar-refractivity contribution in [2.24, 2.45) is 0 Å². The van der Waals surface area contributed by atoms with Gasteiger partial charge in [0.2, 0.25) is 0 Å². The van der Waals surface area contributed by atoms with Crippen LogP contribution in [0.5, 0.6) is 0 Å². The number of quaternary nitrogens is 1. The van der Waals surface area contributed by atoms with Crippen molar-refractivity contribution in [3.8, 4) is 0 Å². The molecule has 3 atom stereocenters. The van der Waals surface area contributed by atoms with E-state index >= 15 is 0 Å². The van der Waals surface area contributed by atoms with Crippen molar-refractivity contribution < 1.29 is 19.0 Å². The average molecular weight is 247 g/mol. The largest absolute Gasteiger partial charge is 0.379 e. The summed E-state index contributed by atoms with van der Waals surface area (Å²) in [6.45, 7) is 5.29. The summed E-state index contributed by atoms with van der Waals surface area (Å²) in [6, 6.07) is 0.257. The van der Waals surface area contributed by atoms with Crippen LogP contribution in [0.4, 0.5) is 0 Å². The Labute approximate surface area is 100 Å². The summed E-state index contributed by atoms with van der Waals surface area (Å²) in [7, 11) is 1.68. The van der Waals surface area contributed by atoms with Crippen LogP contribution in [0, 0.1) is 5.41 Å². The van der Waals surface area contributed by atoms with E-state index < -0.39 is 0 Å². The zero-order chi connectivity index (χ0) is 11.6. The lowest BCUT2D eigenvalue weighted by Crippen LogP contribution is -2.57. The molecule has 0 amide bonds. The van der Waals surface area contributed by atoms with Gasteiger partial charge in [0.25, 0.3) is 5.17 Å². The molecule has 0 saturated carbocycles. The minimum atomic E-state index is 0.257. The van der Waals surface area contributed by atoms with Crippen LogP contribution < -0.4 is 0 Å². The van der Waals surface area contributed by atoms with Crippen LogP contribution in [0.25, 0.3) is 0 Å². The number of hydroxylamine groups is 3. The first kappa shape index (κ1) is 12.3. The van der Waals surface area contributed by atoms with Gasteiger partial charge in [0, 0.05) is 7.11 Å². The first-order valence-electron chi connectivity index (χ1n) is 5.59. The molecule has 2 aliphatic rings. The molecule has 1 N–H and O–H groups in total. The molecule has 16 heavy (non-hydrogen) atoms. The number of amidine groups is 1. The number of nitrogens with one attached hydrogen (secondary N) is 1. The average Bonchev–Trinajstić information content (AvgIpc) is 2.80. The third kappa shape index (κ3) is 1.89. The molecule has 2 heterocycles. The van der Waals surface area contributed by atoms with Crippen LogP contribution in [0.3, 0.4) is 0 Å². The molecular weight excluding hydrogens is 228 g/mol. The Balaban J connectivity index is 2.17. The van der Waals surface area contributed by atoms with E-state index in [2.05, 4.69) is 0 Å². The molecule has 0 spiro atoms. The summed E-state index contributed by atoms with van der Waals surface area (Å²) in [4.78, 5) is 5.85. The predicted octanol–water partition coefficient (Wildman–Crippen LogP) is 0.850. The monoisotopic (exact) mass is 247 g/mol. The lowest BCUT2D eigenvalue weighted by atomic mass is 10.2. The number of thioether (sulfide) groups is 1. The minimum absolute atomic E-state index is 0.257. The predicted molar refractivity (Wildman–Crippen MR) is 62.3 cm³/mol. The Bertz CT molecular complexity index is 277. The first-order chi connectivity index (χ1) is 7.74. The molecule has 6 heteroatoms.